The third-order valence-electron chi connectivity index (χ3n) is 5.89. The number of methoxy groups -OCH3 is 1. The molecule has 0 saturated carbocycles. The van der Waals surface area contributed by atoms with Gasteiger partial charge in [0.05, 0.1) is 36.5 Å². The first kappa shape index (κ1) is 24.6. The number of hydrogen-bond acceptors (Lipinski definition) is 4. The Morgan fingerprint density at radius 1 is 1.14 bits per heavy atom. The van der Waals surface area contributed by atoms with E-state index in [2.05, 4.69) is 11.1 Å². The van der Waals surface area contributed by atoms with Gasteiger partial charge < -0.3 is 14.2 Å². The Labute approximate surface area is 208 Å². The van der Waals surface area contributed by atoms with Gasteiger partial charge in [-0.2, -0.15) is 5.26 Å². The molecule has 4 aromatic rings. The first-order valence-corrected chi connectivity index (χ1v) is 11.3. The van der Waals surface area contributed by atoms with Gasteiger partial charge in [-0.3, -0.25) is 9.78 Å². The maximum Gasteiger partial charge on any atom is 0.256 e. The highest BCUT2D eigenvalue weighted by molar-refractivity contribution is 5.97. The molecule has 0 radical (unpaired) electrons. The van der Waals surface area contributed by atoms with Crippen LogP contribution in [0.2, 0.25) is 0 Å². The van der Waals surface area contributed by atoms with Crippen molar-refractivity contribution >= 4 is 5.91 Å². The Balaban J connectivity index is 1.84. The molecule has 1 amide bonds. The van der Waals surface area contributed by atoms with Gasteiger partial charge >= 0.3 is 0 Å². The highest BCUT2D eigenvalue weighted by atomic mass is 19.1. The van der Waals surface area contributed by atoms with E-state index in [1.807, 2.05) is 18.2 Å². The number of aromatic nitrogens is 2. The van der Waals surface area contributed by atoms with Gasteiger partial charge in [0, 0.05) is 37.2 Å². The fourth-order valence-corrected chi connectivity index (χ4v) is 4.09. The van der Waals surface area contributed by atoms with E-state index in [0.29, 0.717) is 22.7 Å². The summed E-state index contributed by atoms with van der Waals surface area (Å²) in [6, 6.07) is 17.9. The maximum atomic E-state index is 14.9. The molecule has 0 spiro atoms. The summed E-state index contributed by atoms with van der Waals surface area (Å²) < 4.78 is 35.5. The van der Waals surface area contributed by atoms with E-state index >= 15 is 0 Å². The van der Waals surface area contributed by atoms with E-state index in [-0.39, 0.29) is 31.1 Å². The standard InChI is InChI=1S/C28H24F2N4O2/c1-19-24(28(35)33(14-4-12-31)18-20-5-3-13-32-17-20)16-27(21-6-9-23(36-2)10-7-21)34(19)26-11-8-22(29)15-25(26)30/h3,5-11,13,15-17H,4,14,18H2,1-2H3. The molecule has 0 aliphatic carbocycles. The zero-order valence-corrected chi connectivity index (χ0v) is 19.9. The Morgan fingerprint density at radius 3 is 2.56 bits per heavy atom. The molecule has 2 heterocycles. The summed E-state index contributed by atoms with van der Waals surface area (Å²) in [4.78, 5) is 19.4. The zero-order chi connectivity index (χ0) is 25.7. The molecule has 0 fully saturated rings. The van der Waals surface area contributed by atoms with Crippen LogP contribution in [0.15, 0.2) is 73.1 Å². The molecule has 0 saturated heterocycles. The third kappa shape index (κ3) is 5.10. The number of amides is 1. The molecule has 0 aliphatic rings. The normalized spacial score (nSPS) is 10.6. The molecule has 0 N–H and O–H groups in total. The number of pyridine rings is 1. The second kappa shape index (κ2) is 10.8. The number of ether oxygens (including phenoxy) is 1. The number of benzene rings is 2. The first-order chi connectivity index (χ1) is 17.4. The molecular weight excluding hydrogens is 462 g/mol. The topological polar surface area (TPSA) is 71.2 Å². The number of carbonyl (C=O) groups is 1. The van der Waals surface area contributed by atoms with Crippen LogP contribution < -0.4 is 4.74 Å². The minimum atomic E-state index is -0.751. The van der Waals surface area contributed by atoms with Crippen LogP contribution in [0.3, 0.4) is 0 Å². The molecule has 2 aromatic heterocycles. The van der Waals surface area contributed by atoms with Crippen molar-refractivity contribution in [3.63, 3.8) is 0 Å². The number of nitrogens with zero attached hydrogens (tertiary/aromatic N) is 4. The lowest BCUT2D eigenvalue weighted by molar-refractivity contribution is 0.0746. The van der Waals surface area contributed by atoms with Crippen molar-refractivity contribution in [3.05, 3.63) is 102 Å². The van der Waals surface area contributed by atoms with Crippen molar-refractivity contribution < 1.29 is 18.3 Å². The van der Waals surface area contributed by atoms with Crippen LogP contribution in [-0.2, 0) is 6.54 Å². The quantitative estimate of drug-likeness (QED) is 0.321. The molecule has 36 heavy (non-hydrogen) atoms. The Bertz CT molecular complexity index is 1410. The Kier molecular flexibility index (Phi) is 7.40. The Hall–Kier alpha value is -4.51. The number of nitriles is 1. The van der Waals surface area contributed by atoms with E-state index in [9.17, 15) is 13.6 Å². The molecule has 0 bridgehead atoms. The summed E-state index contributed by atoms with van der Waals surface area (Å²) in [5, 5.41) is 9.14. The average molecular weight is 487 g/mol. The van der Waals surface area contributed by atoms with Gasteiger partial charge in [0.2, 0.25) is 0 Å². The Morgan fingerprint density at radius 2 is 1.92 bits per heavy atom. The lowest BCUT2D eigenvalue weighted by Gasteiger charge is -2.22. The van der Waals surface area contributed by atoms with Crippen molar-refractivity contribution in [3.8, 4) is 28.8 Å². The zero-order valence-electron chi connectivity index (χ0n) is 19.9. The van der Waals surface area contributed by atoms with Gasteiger partial charge in [0.25, 0.3) is 5.91 Å². The van der Waals surface area contributed by atoms with Crippen LogP contribution in [0.1, 0.15) is 28.0 Å². The summed E-state index contributed by atoms with van der Waals surface area (Å²) in [5.74, 6) is -1.10. The molecule has 4 rings (SSSR count). The fraction of sp³-hybridized carbons (Fsp3) is 0.179. The van der Waals surface area contributed by atoms with Crippen molar-refractivity contribution in [2.75, 3.05) is 13.7 Å². The second-order valence-corrected chi connectivity index (χ2v) is 8.18. The second-order valence-electron chi connectivity index (χ2n) is 8.18. The molecular formula is C28H24F2N4O2. The smallest absolute Gasteiger partial charge is 0.256 e. The first-order valence-electron chi connectivity index (χ1n) is 11.3. The summed E-state index contributed by atoms with van der Waals surface area (Å²) in [6.07, 6.45) is 3.47. The van der Waals surface area contributed by atoms with Crippen LogP contribution in [-0.4, -0.2) is 34.0 Å². The molecule has 0 aliphatic heterocycles. The van der Waals surface area contributed by atoms with Crippen LogP contribution >= 0.6 is 0 Å². The summed E-state index contributed by atoms with van der Waals surface area (Å²) in [6.45, 7) is 2.20. The minimum Gasteiger partial charge on any atom is -0.497 e. The fourth-order valence-electron chi connectivity index (χ4n) is 4.09. The molecule has 0 atom stereocenters. The van der Waals surface area contributed by atoms with E-state index in [1.165, 1.54) is 12.1 Å². The van der Waals surface area contributed by atoms with Crippen molar-refractivity contribution in [1.29, 1.82) is 5.26 Å². The number of halogens is 2. The maximum absolute atomic E-state index is 14.9. The van der Waals surface area contributed by atoms with Crippen LogP contribution in [0, 0.1) is 29.9 Å². The highest BCUT2D eigenvalue weighted by Crippen LogP contribution is 2.32. The number of rotatable bonds is 8. The van der Waals surface area contributed by atoms with Gasteiger partial charge in [-0.25, -0.2) is 8.78 Å². The summed E-state index contributed by atoms with van der Waals surface area (Å²) in [7, 11) is 1.56. The molecule has 2 aromatic carbocycles. The van der Waals surface area contributed by atoms with E-state index in [4.69, 9.17) is 10.00 Å². The van der Waals surface area contributed by atoms with Crippen molar-refractivity contribution in [2.45, 2.75) is 19.9 Å². The van der Waals surface area contributed by atoms with Crippen molar-refractivity contribution in [1.82, 2.24) is 14.5 Å². The molecule has 8 heteroatoms. The number of hydrogen-bond donors (Lipinski definition) is 0. The van der Waals surface area contributed by atoms with Crippen LogP contribution in [0.4, 0.5) is 8.78 Å². The lowest BCUT2D eigenvalue weighted by Crippen LogP contribution is -2.31. The average Bonchev–Trinajstić information content (AvgIpc) is 3.23. The predicted octanol–water partition coefficient (Wildman–Crippen LogP) is 5.69. The van der Waals surface area contributed by atoms with Gasteiger partial charge in [-0.1, -0.05) is 6.07 Å². The minimum absolute atomic E-state index is 0.120. The molecule has 182 valence electrons. The predicted molar refractivity (Wildman–Crippen MR) is 132 cm³/mol. The monoisotopic (exact) mass is 486 g/mol. The van der Waals surface area contributed by atoms with E-state index in [1.54, 1.807) is 60.2 Å². The van der Waals surface area contributed by atoms with Gasteiger partial charge in [-0.15, -0.1) is 0 Å². The van der Waals surface area contributed by atoms with Gasteiger partial charge in [-0.05, 0) is 66.6 Å². The van der Waals surface area contributed by atoms with E-state index < -0.39 is 11.6 Å². The van der Waals surface area contributed by atoms with Crippen LogP contribution in [0.5, 0.6) is 5.75 Å². The molecule has 0 unspecified atom stereocenters. The largest absolute Gasteiger partial charge is 0.497 e. The summed E-state index contributed by atoms with van der Waals surface area (Å²) in [5.41, 5.74) is 3.06. The van der Waals surface area contributed by atoms with Gasteiger partial charge in [0.1, 0.15) is 17.4 Å². The van der Waals surface area contributed by atoms with Crippen molar-refractivity contribution in [2.24, 2.45) is 0 Å². The SMILES string of the molecule is COc1ccc(-c2cc(C(=O)N(CCC#N)Cc3cccnc3)c(C)n2-c2ccc(F)cc2F)cc1. The van der Waals surface area contributed by atoms with Crippen LogP contribution in [0.25, 0.3) is 16.9 Å². The van der Waals surface area contributed by atoms with E-state index in [0.717, 1.165) is 17.2 Å². The van der Waals surface area contributed by atoms with Gasteiger partial charge in [0.15, 0.2) is 0 Å². The summed E-state index contributed by atoms with van der Waals surface area (Å²) >= 11 is 0. The highest BCUT2D eigenvalue weighted by Gasteiger charge is 2.25. The lowest BCUT2D eigenvalue weighted by atomic mass is 10.1. The molecule has 6 nitrogen and oxygen atoms in total. The number of carbonyl (C=O) groups excluding carboxylic acids is 1. The third-order valence-corrected chi connectivity index (χ3v) is 5.89.